The smallest absolute Gasteiger partial charge is 0.210 e. The van der Waals surface area contributed by atoms with Gasteiger partial charge in [0.25, 0.3) is 0 Å². The molecule has 0 heterocycles. The van der Waals surface area contributed by atoms with Crippen molar-refractivity contribution in [1.82, 2.24) is 5.43 Å². The molecule has 0 aliphatic carbocycles. The van der Waals surface area contributed by atoms with Gasteiger partial charge in [-0.05, 0) is 18.6 Å². The van der Waals surface area contributed by atoms with Gasteiger partial charge in [-0.2, -0.15) is 0 Å². The maximum absolute atomic E-state index is 6.02. The van der Waals surface area contributed by atoms with Gasteiger partial charge in [0.2, 0.25) is 5.96 Å². The quantitative estimate of drug-likeness (QED) is 0.260. The van der Waals surface area contributed by atoms with Crippen LogP contribution in [0.2, 0.25) is 10.0 Å². The number of hydrazine groups is 1. The molecule has 0 aromatic heterocycles. The Labute approximate surface area is 111 Å². The van der Waals surface area contributed by atoms with Gasteiger partial charge < -0.3 is 5.32 Å². The van der Waals surface area contributed by atoms with Gasteiger partial charge in [-0.15, -0.1) is 0 Å². The van der Waals surface area contributed by atoms with Gasteiger partial charge in [0.15, 0.2) is 0 Å². The minimum absolute atomic E-state index is 0.452. The van der Waals surface area contributed by atoms with E-state index >= 15 is 0 Å². The summed E-state index contributed by atoms with van der Waals surface area (Å²) in [7, 11) is 0. The van der Waals surface area contributed by atoms with E-state index in [1.165, 1.54) is 0 Å². The lowest BCUT2D eigenvalue weighted by molar-refractivity contribution is 0.801. The number of benzene rings is 1. The third kappa shape index (κ3) is 4.42. The standard InChI is InChI=1S/C11H16Cl2N4/c1-2-3-7-15-11(17-14)16-10-8(12)5-4-6-9(10)13/h4-6H,2-3,7,14H2,1H3,(H2,15,16,17). The molecule has 4 nitrogen and oxygen atoms in total. The van der Waals surface area contributed by atoms with Crippen molar-refractivity contribution in [2.45, 2.75) is 19.8 Å². The number of halogens is 2. The van der Waals surface area contributed by atoms with Crippen molar-refractivity contribution in [2.24, 2.45) is 10.8 Å². The predicted octanol–water partition coefficient (Wildman–Crippen LogP) is 3.02. The van der Waals surface area contributed by atoms with E-state index < -0.39 is 0 Å². The number of anilines is 1. The lowest BCUT2D eigenvalue weighted by Crippen LogP contribution is -2.36. The third-order valence-electron chi connectivity index (χ3n) is 2.12. The highest BCUT2D eigenvalue weighted by atomic mass is 35.5. The molecule has 1 aromatic rings. The van der Waals surface area contributed by atoms with E-state index in [-0.39, 0.29) is 0 Å². The molecule has 0 atom stereocenters. The molecule has 0 unspecified atom stereocenters. The van der Waals surface area contributed by atoms with E-state index in [0.717, 1.165) is 12.8 Å². The van der Waals surface area contributed by atoms with Crippen LogP contribution < -0.4 is 16.6 Å². The number of para-hydroxylation sites is 1. The number of aliphatic imine (C=N–C) groups is 1. The van der Waals surface area contributed by atoms with Crippen LogP contribution in [0, 0.1) is 0 Å². The maximum atomic E-state index is 6.02. The second-order valence-electron chi connectivity index (χ2n) is 3.45. The highest BCUT2D eigenvalue weighted by Crippen LogP contribution is 2.29. The third-order valence-corrected chi connectivity index (χ3v) is 2.75. The molecule has 0 aliphatic rings. The van der Waals surface area contributed by atoms with Crippen LogP contribution in [0.1, 0.15) is 19.8 Å². The first-order valence-corrected chi connectivity index (χ1v) is 6.16. The van der Waals surface area contributed by atoms with Crippen molar-refractivity contribution in [2.75, 3.05) is 11.9 Å². The molecule has 0 bridgehead atoms. The molecule has 0 saturated carbocycles. The molecule has 0 amide bonds. The molecule has 0 radical (unpaired) electrons. The first-order valence-electron chi connectivity index (χ1n) is 5.41. The molecule has 17 heavy (non-hydrogen) atoms. The predicted molar refractivity (Wildman–Crippen MR) is 74.6 cm³/mol. The molecule has 4 N–H and O–H groups in total. The Morgan fingerprint density at radius 3 is 2.53 bits per heavy atom. The first-order chi connectivity index (χ1) is 8.19. The number of rotatable bonds is 4. The molecule has 94 valence electrons. The highest BCUT2D eigenvalue weighted by molar-refractivity contribution is 6.39. The Hall–Kier alpha value is -0.970. The molecule has 6 heteroatoms. The topological polar surface area (TPSA) is 62.4 Å². The molecular formula is C11H16Cl2N4. The zero-order valence-electron chi connectivity index (χ0n) is 9.63. The van der Waals surface area contributed by atoms with E-state index in [9.17, 15) is 0 Å². The van der Waals surface area contributed by atoms with Crippen LogP contribution in [-0.2, 0) is 0 Å². The molecule has 1 rings (SSSR count). The monoisotopic (exact) mass is 274 g/mol. The number of guanidine groups is 1. The van der Waals surface area contributed by atoms with E-state index in [1.54, 1.807) is 18.2 Å². The number of hydrogen-bond donors (Lipinski definition) is 3. The summed E-state index contributed by atoms with van der Waals surface area (Å²) in [5, 5.41) is 4.02. The van der Waals surface area contributed by atoms with Crippen LogP contribution in [0.25, 0.3) is 0 Å². The highest BCUT2D eigenvalue weighted by Gasteiger charge is 2.06. The van der Waals surface area contributed by atoms with E-state index in [1.807, 2.05) is 0 Å². The molecule has 0 fully saturated rings. The molecule has 0 aliphatic heterocycles. The van der Waals surface area contributed by atoms with E-state index in [2.05, 4.69) is 22.7 Å². The van der Waals surface area contributed by atoms with Crippen LogP contribution in [0.5, 0.6) is 0 Å². The van der Waals surface area contributed by atoms with E-state index in [4.69, 9.17) is 29.0 Å². The van der Waals surface area contributed by atoms with Gasteiger partial charge in [-0.3, -0.25) is 10.4 Å². The zero-order valence-corrected chi connectivity index (χ0v) is 11.1. The summed E-state index contributed by atoms with van der Waals surface area (Å²) in [6.07, 6.45) is 2.08. The summed E-state index contributed by atoms with van der Waals surface area (Å²) >= 11 is 12.0. The summed E-state index contributed by atoms with van der Waals surface area (Å²) in [5.41, 5.74) is 3.09. The zero-order chi connectivity index (χ0) is 12.7. The lowest BCUT2D eigenvalue weighted by atomic mass is 10.3. The van der Waals surface area contributed by atoms with Gasteiger partial charge in [0.1, 0.15) is 0 Å². The van der Waals surface area contributed by atoms with Crippen molar-refractivity contribution in [1.29, 1.82) is 0 Å². The maximum Gasteiger partial charge on any atom is 0.210 e. The van der Waals surface area contributed by atoms with Crippen LogP contribution in [0.3, 0.4) is 0 Å². The molecule has 0 saturated heterocycles. The van der Waals surface area contributed by atoms with Crippen molar-refractivity contribution in [3.05, 3.63) is 28.2 Å². The van der Waals surface area contributed by atoms with Gasteiger partial charge >= 0.3 is 0 Å². The fourth-order valence-electron chi connectivity index (χ4n) is 1.21. The minimum atomic E-state index is 0.452. The number of nitrogens with one attached hydrogen (secondary N) is 2. The number of unbranched alkanes of at least 4 members (excludes halogenated alkanes) is 1. The Morgan fingerprint density at radius 2 is 2.00 bits per heavy atom. The normalized spacial score (nSPS) is 11.4. The van der Waals surface area contributed by atoms with Crippen LogP contribution in [0.15, 0.2) is 23.2 Å². The van der Waals surface area contributed by atoms with Crippen LogP contribution in [0.4, 0.5) is 5.69 Å². The Balaban J connectivity index is 2.77. The number of hydrogen-bond acceptors (Lipinski definition) is 2. The van der Waals surface area contributed by atoms with Gasteiger partial charge in [-0.1, -0.05) is 42.6 Å². The first kappa shape index (κ1) is 14.1. The average molecular weight is 275 g/mol. The van der Waals surface area contributed by atoms with Crippen molar-refractivity contribution < 1.29 is 0 Å². The van der Waals surface area contributed by atoms with Gasteiger partial charge in [0, 0.05) is 6.54 Å². The fraction of sp³-hybridized carbons (Fsp3) is 0.364. The average Bonchev–Trinajstić information content (AvgIpc) is 2.32. The fourth-order valence-corrected chi connectivity index (χ4v) is 1.70. The summed E-state index contributed by atoms with van der Waals surface area (Å²) < 4.78 is 0. The second kappa shape index (κ2) is 7.37. The number of nitrogens with two attached hydrogens (primary N) is 1. The largest absolute Gasteiger partial charge is 0.323 e. The molecular weight excluding hydrogens is 259 g/mol. The summed E-state index contributed by atoms with van der Waals surface area (Å²) in [6.45, 7) is 2.80. The Morgan fingerprint density at radius 1 is 1.35 bits per heavy atom. The Kier molecular flexibility index (Phi) is 6.11. The summed E-state index contributed by atoms with van der Waals surface area (Å²) in [4.78, 5) is 4.26. The van der Waals surface area contributed by atoms with Crippen LogP contribution in [-0.4, -0.2) is 12.5 Å². The van der Waals surface area contributed by atoms with Crippen LogP contribution >= 0.6 is 23.2 Å². The Bertz CT molecular complexity index is 373. The SMILES string of the molecule is CCCCN=C(NN)Nc1c(Cl)cccc1Cl. The number of nitrogens with zero attached hydrogens (tertiary/aromatic N) is 1. The second-order valence-corrected chi connectivity index (χ2v) is 4.26. The van der Waals surface area contributed by atoms with E-state index in [0.29, 0.717) is 28.2 Å². The molecule has 0 spiro atoms. The lowest BCUT2D eigenvalue weighted by Gasteiger charge is -2.11. The van der Waals surface area contributed by atoms with Crippen molar-refractivity contribution in [3.8, 4) is 0 Å². The minimum Gasteiger partial charge on any atom is -0.323 e. The molecule has 1 aromatic carbocycles. The van der Waals surface area contributed by atoms with Crippen molar-refractivity contribution >= 4 is 34.8 Å². The van der Waals surface area contributed by atoms with Crippen molar-refractivity contribution in [3.63, 3.8) is 0 Å². The van der Waals surface area contributed by atoms with Gasteiger partial charge in [-0.25, -0.2) is 5.84 Å². The van der Waals surface area contributed by atoms with Gasteiger partial charge in [0.05, 0.1) is 15.7 Å². The summed E-state index contributed by atoms with van der Waals surface area (Å²) in [6, 6.07) is 5.27. The summed E-state index contributed by atoms with van der Waals surface area (Å²) in [5.74, 6) is 5.83.